The zero-order valence-corrected chi connectivity index (χ0v) is 15.5. The first-order valence-electron chi connectivity index (χ1n) is 9.04. The minimum Gasteiger partial charge on any atom is -0.504 e. The molecule has 0 aliphatic carbocycles. The van der Waals surface area contributed by atoms with Crippen molar-refractivity contribution in [1.82, 2.24) is 9.55 Å². The molecular weight excluding hydrogens is 350 g/mol. The Morgan fingerprint density at radius 3 is 2.21 bits per heavy atom. The number of imidazole rings is 1. The van der Waals surface area contributed by atoms with E-state index in [1.165, 1.54) is 23.3 Å². The molecule has 0 bridgehead atoms. The highest BCUT2D eigenvalue weighted by Gasteiger charge is 2.09. The number of benzene rings is 3. The Hall–Kier alpha value is -3.73. The van der Waals surface area contributed by atoms with E-state index in [-0.39, 0.29) is 11.5 Å². The van der Waals surface area contributed by atoms with Gasteiger partial charge < -0.3 is 20.1 Å². The number of hydrogen-bond acceptors (Lipinski definition) is 4. The van der Waals surface area contributed by atoms with E-state index in [1.807, 2.05) is 36.0 Å². The molecule has 3 N–H and O–H groups in total. The first-order chi connectivity index (χ1) is 13.6. The van der Waals surface area contributed by atoms with Crippen LogP contribution in [-0.2, 0) is 13.6 Å². The molecule has 5 nitrogen and oxygen atoms in total. The van der Waals surface area contributed by atoms with Crippen LogP contribution in [0.5, 0.6) is 11.5 Å². The molecule has 4 rings (SSSR count). The molecule has 1 heterocycles. The van der Waals surface area contributed by atoms with Crippen molar-refractivity contribution in [1.29, 1.82) is 0 Å². The Morgan fingerprint density at radius 2 is 1.50 bits per heavy atom. The summed E-state index contributed by atoms with van der Waals surface area (Å²) in [5, 5.41) is 22.3. The van der Waals surface area contributed by atoms with E-state index >= 15 is 0 Å². The van der Waals surface area contributed by atoms with Crippen LogP contribution in [0.3, 0.4) is 0 Å². The smallest absolute Gasteiger partial charge is 0.203 e. The van der Waals surface area contributed by atoms with Crippen LogP contribution < -0.4 is 5.32 Å². The van der Waals surface area contributed by atoms with Crippen LogP contribution in [-0.4, -0.2) is 19.8 Å². The maximum absolute atomic E-state index is 9.61. The second-order valence-electron chi connectivity index (χ2n) is 6.65. The highest BCUT2D eigenvalue weighted by Crippen LogP contribution is 2.27. The van der Waals surface area contributed by atoms with Gasteiger partial charge in [-0.25, -0.2) is 4.98 Å². The molecule has 5 heteroatoms. The Morgan fingerprint density at radius 1 is 0.821 bits per heavy atom. The van der Waals surface area contributed by atoms with Crippen LogP contribution >= 0.6 is 0 Å². The van der Waals surface area contributed by atoms with Crippen LogP contribution in [0.2, 0.25) is 0 Å². The van der Waals surface area contributed by atoms with E-state index in [0.717, 1.165) is 22.8 Å². The maximum atomic E-state index is 9.61. The molecular formula is C23H21N3O2. The van der Waals surface area contributed by atoms with Gasteiger partial charge in [0.1, 0.15) is 0 Å². The third-order valence-electron chi connectivity index (χ3n) is 4.77. The SMILES string of the molecule is Cn1c(-c2ccc(-c3ccccc3)cc2)cnc1NCc1ccc(O)c(O)c1. The van der Waals surface area contributed by atoms with E-state index in [9.17, 15) is 10.2 Å². The molecule has 3 aromatic carbocycles. The topological polar surface area (TPSA) is 70.3 Å². The van der Waals surface area contributed by atoms with E-state index in [0.29, 0.717) is 6.54 Å². The summed E-state index contributed by atoms with van der Waals surface area (Å²) in [6.07, 6.45) is 1.84. The fourth-order valence-corrected chi connectivity index (χ4v) is 3.17. The number of aromatic hydroxyl groups is 2. The fourth-order valence-electron chi connectivity index (χ4n) is 3.17. The second-order valence-corrected chi connectivity index (χ2v) is 6.65. The van der Waals surface area contributed by atoms with Gasteiger partial charge in [0.25, 0.3) is 0 Å². The number of nitrogens with zero attached hydrogens (tertiary/aromatic N) is 2. The molecule has 0 saturated carbocycles. The molecule has 0 unspecified atom stereocenters. The van der Waals surface area contributed by atoms with Crippen molar-refractivity contribution in [3.63, 3.8) is 0 Å². The average molecular weight is 371 g/mol. The van der Waals surface area contributed by atoms with Gasteiger partial charge >= 0.3 is 0 Å². The van der Waals surface area contributed by atoms with E-state index in [2.05, 4.69) is 46.7 Å². The first-order valence-corrected chi connectivity index (χ1v) is 9.04. The Labute approximate surface area is 163 Å². The van der Waals surface area contributed by atoms with Gasteiger partial charge in [0.2, 0.25) is 5.95 Å². The van der Waals surface area contributed by atoms with Gasteiger partial charge in [-0.15, -0.1) is 0 Å². The van der Waals surface area contributed by atoms with Crippen molar-refractivity contribution >= 4 is 5.95 Å². The third kappa shape index (κ3) is 3.55. The Kier molecular flexibility index (Phi) is 4.72. The van der Waals surface area contributed by atoms with Crippen molar-refractivity contribution in [2.75, 3.05) is 5.32 Å². The molecule has 0 amide bonds. The Balaban J connectivity index is 1.51. The van der Waals surface area contributed by atoms with Gasteiger partial charge in [0.05, 0.1) is 11.9 Å². The summed E-state index contributed by atoms with van der Waals surface area (Å²) in [7, 11) is 1.96. The van der Waals surface area contributed by atoms with E-state index < -0.39 is 0 Å². The van der Waals surface area contributed by atoms with E-state index in [4.69, 9.17) is 0 Å². The van der Waals surface area contributed by atoms with Gasteiger partial charge in [-0.3, -0.25) is 0 Å². The van der Waals surface area contributed by atoms with Gasteiger partial charge in [0.15, 0.2) is 11.5 Å². The molecule has 28 heavy (non-hydrogen) atoms. The number of anilines is 1. The van der Waals surface area contributed by atoms with Crippen LogP contribution in [0, 0.1) is 0 Å². The van der Waals surface area contributed by atoms with Crippen molar-refractivity contribution in [2.24, 2.45) is 7.05 Å². The second kappa shape index (κ2) is 7.48. The van der Waals surface area contributed by atoms with Gasteiger partial charge in [-0.1, -0.05) is 60.7 Å². The fraction of sp³-hybridized carbons (Fsp3) is 0.0870. The molecule has 0 spiro atoms. The zero-order valence-electron chi connectivity index (χ0n) is 15.5. The van der Waals surface area contributed by atoms with Crippen LogP contribution in [0.25, 0.3) is 22.4 Å². The summed E-state index contributed by atoms with van der Waals surface area (Å²) in [4.78, 5) is 4.47. The highest BCUT2D eigenvalue weighted by atomic mass is 16.3. The van der Waals surface area contributed by atoms with Gasteiger partial charge in [-0.05, 0) is 34.4 Å². The molecule has 0 aliphatic rings. The summed E-state index contributed by atoms with van der Waals surface area (Å²) in [6, 6.07) is 23.5. The number of nitrogens with one attached hydrogen (secondary N) is 1. The van der Waals surface area contributed by atoms with Crippen LogP contribution in [0.15, 0.2) is 79.0 Å². The van der Waals surface area contributed by atoms with Gasteiger partial charge in [-0.2, -0.15) is 0 Å². The van der Waals surface area contributed by atoms with Gasteiger partial charge in [0, 0.05) is 13.6 Å². The first kappa shape index (κ1) is 17.7. The molecule has 1 aromatic heterocycles. The number of aromatic nitrogens is 2. The summed E-state index contributed by atoms with van der Waals surface area (Å²) in [5.74, 6) is 0.481. The average Bonchev–Trinajstić information content (AvgIpc) is 3.10. The van der Waals surface area contributed by atoms with Crippen LogP contribution in [0.1, 0.15) is 5.56 Å². The quantitative estimate of drug-likeness (QED) is 0.442. The lowest BCUT2D eigenvalue weighted by atomic mass is 10.0. The zero-order chi connectivity index (χ0) is 19.5. The predicted molar refractivity (Wildman–Crippen MR) is 111 cm³/mol. The summed E-state index contributed by atoms with van der Waals surface area (Å²) < 4.78 is 2.00. The lowest BCUT2D eigenvalue weighted by Crippen LogP contribution is -2.05. The maximum Gasteiger partial charge on any atom is 0.203 e. The van der Waals surface area contributed by atoms with Crippen molar-refractivity contribution in [3.8, 4) is 33.9 Å². The highest BCUT2D eigenvalue weighted by molar-refractivity contribution is 5.69. The minimum atomic E-state index is -0.127. The standard InChI is InChI=1S/C23H21N3O2/c1-26-20(19-10-8-18(9-11-19)17-5-3-2-4-6-17)15-25-23(26)24-14-16-7-12-21(27)22(28)13-16/h2-13,15,27-28H,14H2,1H3,(H,24,25). The number of hydrogen-bond donors (Lipinski definition) is 3. The number of rotatable bonds is 5. The predicted octanol–water partition coefficient (Wildman–Crippen LogP) is 4.78. The molecule has 0 radical (unpaired) electrons. The minimum absolute atomic E-state index is 0.123. The summed E-state index contributed by atoms with van der Waals surface area (Å²) in [5.41, 5.74) is 5.32. The number of phenols is 2. The monoisotopic (exact) mass is 371 g/mol. The number of phenolic OH excluding ortho intramolecular Hbond substituents is 2. The molecule has 0 saturated heterocycles. The lowest BCUT2D eigenvalue weighted by Gasteiger charge is -2.10. The van der Waals surface area contributed by atoms with Crippen molar-refractivity contribution in [2.45, 2.75) is 6.54 Å². The molecule has 0 aliphatic heterocycles. The summed E-state index contributed by atoms with van der Waals surface area (Å²) in [6.45, 7) is 0.491. The molecule has 140 valence electrons. The van der Waals surface area contributed by atoms with Crippen molar-refractivity contribution < 1.29 is 10.2 Å². The Bertz CT molecular complexity index is 1090. The van der Waals surface area contributed by atoms with Crippen molar-refractivity contribution in [3.05, 3.63) is 84.6 Å². The lowest BCUT2D eigenvalue weighted by molar-refractivity contribution is 0.403. The molecule has 4 aromatic rings. The molecule has 0 atom stereocenters. The van der Waals surface area contributed by atoms with Crippen LogP contribution in [0.4, 0.5) is 5.95 Å². The molecule has 0 fully saturated rings. The summed E-state index contributed by atoms with van der Waals surface area (Å²) >= 11 is 0. The van der Waals surface area contributed by atoms with E-state index in [1.54, 1.807) is 6.07 Å². The largest absolute Gasteiger partial charge is 0.504 e. The normalized spacial score (nSPS) is 10.8. The third-order valence-corrected chi connectivity index (χ3v) is 4.77.